The summed E-state index contributed by atoms with van der Waals surface area (Å²) in [5, 5.41) is 12.1. The van der Waals surface area contributed by atoms with Gasteiger partial charge in [0.25, 0.3) is 0 Å². The minimum atomic E-state index is -3.90. The lowest BCUT2D eigenvalue weighted by atomic mass is 9.69. The van der Waals surface area contributed by atoms with Crippen molar-refractivity contribution in [1.82, 2.24) is 5.32 Å². The van der Waals surface area contributed by atoms with E-state index in [1.54, 1.807) is 0 Å². The summed E-state index contributed by atoms with van der Waals surface area (Å²) in [6.45, 7) is 0.757. The van der Waals surface area contributed by atoms with Gasteiger partial charge in [0.2, 0.25) is 0 Å². The number of fused-ring (bicyclic) bond motifs is 1. The molecule has 0 bridgehead atoms. The molecule has 1 saturated heterocycles. The Morgan fingerprint density at radius 1 is 1.21 bits per heavy atom. The Labute approximate surface area is 112 Å². The highest BCUT2D eigenvalue weighted by Gasteiger charge is 2.37. The smallest absolute Gasteiger partial charge is 0.325 e. The van der Waals surface area contributed by atoms with Crippen molar-refractivity contribution in [1.29, 1.82) is 0 Å². The van der Waals surface area contributed by atoms with Crippen LogP contribution in [-0.4, -0.2) is 39.6 Å². The lowest BCUT2D eigenvalue weighted by Gasteiger charge is -2.41. The predicted molar refractivity (Wildman–Crippen MR) is 69.9 cm³/mol. The van der Waals surface area contributed by atoms with Crippen LogP contribution in [-0.2, 0) is 9.36 Å². The zero-order valence-electron chi connectivity index (χ0n) is 10.9. The van der Waals surface area contributed by atoms with E-state index in [1.807, 2.05) is 0 Å². The molecule has 1 aliphatic heterocycles. The third kappa shape index (κ3) is 4.28. The number of carbonyl (C=O) groups is 1. The van der Waals surface area contributed by atoms with Crippen LogP contribution in [0.15, 0.2) is 0 Å². The van der Waals surface area contributed by atoms with Gasteiger partial charge in [-0.2, -0.15) is 0 Å². The minimum Gasteiger partial charge on any atom is -0.480 e. The van der Waals surface area contributed by atoms with Crippen molar-refractivity contribution in [2.75, 3.05) is 12.7 Å². The first-order chi connectivity index (χ1) is 8.85. The molecular weight excluding hydrogens is 269 g/mol. The fourth-order valence-electron chi connectivity index (χ4n) is 3.46. The normalized spacial score (nSPS) is 35.7. The largest absolute Gasteiger partial charge is 0.480 e. The van der Waals surface area contributed by atoms with Gasteiger partial charge in [-0.1, -0.05) is 6.42 Å². The highest BCUT2D eigenvalue weighted by atomic mass is 31.2. The van der Waals surface area contributed by atoms with Crippen molar-refractivity contribution in [3.8, 4) is 0 Å². The number of rotatable bonds is 4. The molecule has 4 atom stereocenters. The molecule has 4 N–H and O–H groups in total. The van der Waals surface area contributed by atoms with Crippen LogP contribution in [0.3, 0.4) is 0 Å². The lowest BCUT2D eigenvalue weighted by Crippen LogP contribution is -2.49. The van der Waals surface area contributed by atoms with Crippen LogP contribution in [0, 0.1) is 17.8 Å². The maximum absolute atomic E-state index is 11.0. The van der Waals surface area contributed by atoms with Crippen LogP contribution in [0.1, 0.15) is 32.1 Å². The van der Waals surface area contributed by atoms with Gasteiger partial charge in [-0.15, -0.1) is 0 Å². The number of nitrogens with one attached hydrogen (secondary N) is 1. The van der Waals surface area contributed by atoms with Crippen molar-refractivity contribution < 1.29 is 24.3 Å². The molecule has 1 saturated carbocycles. The summed E-state index contributed by atoms with van der Waals surface area (Å²) in [6.07, 6.45) is 4.10. The third-order valence-electron chi connectivity index (χ3n) is 4.54. The van der Waals surface area contributed by atoms with Gasteiger partial charge < -0.3 is 20.2 Å². The van der Waals surface area contributed by atoms with Gasteiger partial charge in [-0.25, -0.2) is 0 Å². The maximum atomic E-state index is 11.0. The van der Waals surface area contributed by atoms with Crippen LogP contribution in [0.2, 0.25) is 0 Å². The molecule has 2 fully saturated rings. The molecule has 0 unspecified atom stereocenters. The number of aliphatic carboxylic acids is 1. The second-order valence-corrected chi connectivity index (χ2v) is 7.69. The van der Waals surface area contributed by atoms with Crippen LogP contribution >= 0.6 is 7.60 Å². The Morgan fingerprint density at radius 2 is 1.95 bits per heavy atom. The highest BCUT2D eigenvalue weighted by molar-refractivity contribution is 7.51. The van der Waals surface area contributed by atoms with Crippen LogP contribution in [0.25, 0.3) is 0 Å². The molecule has 0 amide bonds. The van der Waals surface area contributed by atoms with Gasteiger partial charge in [0, 0.05) is 0 Å². The first kappa shape index (κ1) is 15.0. The van der Waals surface area contributed by atoms with E-state index in [2.05, 4.69) is 5.32 Å². The average molecular weight is 291 g/mol. The van der Waals surface area contributed by atoms with Gasteiger partial charge in [0.05, 0.1) is 6.16 Å². The van der Waals surface area contributed by atoms with E-state index in [0.717, 1.165) is 25.8 Å². The molecule has 19 heavy (non-hydrogen) atoms. The summed E-state index contributed by atoms with van der Waals surface area (Å²) in [4.78, 5) is 28.8. The van der Waals surface area contributed by atoms with E-state index < -0.39 is 19.6 Å². The van der Waals surface area contributed by atoms with Gasteiger partial charge in [-0.3, -0.25) is 9.36 Å². The first-order valence-electron chi connectivity index (χ1n) is 6.86. The number of hydrogen-bond acceptors (Lipinski definition) is 3. The molecule has 6 nitrogen and oxygen atoms in total. The molecule has 0 aromatic carbocycles. The van der Waals surface area contributed by atoms with Crippen molar-refractivity contribution in [2.24, 2.45) is 17.8 Å². The summed E-state index contributed by atoms with van der Waals surface area (Å²) < 4.78 is 10.9. The zero-order valence-corrected chi connectivity index (χ0v) is 11.8. The highest BCUT2D eigenvalue weighted by Crippen LogP contribution is 2.43. The molecule has 1 heterocycles. The van der Waals surface area contributed by atoms with E-state index in [0.29, 0.717) is 30.6 Å². The van der Waals surface area contributed by atoms with E-state index >= 15 is 0 Å². The zero-order chi connectivity index (χ0) is 14.0. The first-order valence-corrected chi connectivity index (χ1v) is 8.65. The minimum absolute atomic E-state index is 0.0460. The quantitative estimate of drug-likeness (QED) is 0.576. The van der Waals surface area contributed by atoms with E-state index in [9.17, 15) is 9.36 Å². The molecule has 110 valence electrons. The van der Waals surface area contributed by atoms with E-state index in [-0.39, 0.29) is 6.16 Å². The van der Waals surface area contributed by atoms with Gasteiger partial charge in [0.15, 0.2) is 0 Å². The third-order valence-corrected chi connectivity index (χ3v) is 5.38. The van der Waals surface area contributed by atoms with Crippen LogP contribution < -0.4 is 5.32 Å². The van der Waals surface area contributed by atoms with Crippen molar-refractivity contribution in [2.45, 2.75) is 38.1 Å². The van der Waals surface area contributed by atoms with Gasteiger partial charge in [0.1, 0.15) is 6.04 Å². The van der Waals surface area contributed by atoms with Gasteiger partial charge in [-0.05, 0) is 50.0 Å². The Morgan fingerprint density at radius 3 is 2.58 bits per heavy atom. The van der Waals surface area contributed by atoms with Crippen LogP contribution in [0.4, 0.5) is 0 Å². The van der Waals surface area contributed by atoms with Crippen LogP contribution in [0.5, 0.6) is 0 Å². The lowest BCUT2D eigenvalue weighted by molar-refractivity contribution is -0.141. The Kier molecular flexibility index (Phi) is 4.66. The predicted octanol–water partition coefficient (Wildman–Crippen LogP) is 1.03. The average Bonchev–Trinajstić information content (AvgIpc) is 2.34. The number of piperidine rings is 1. The maximum Gasteiger partial charge on any atom is 0.325 e. The van der Waals surface area contributed by atoms with Crippen molar-refractivity contribution in [3.05, 3.63) is 0 Å². The Hall–Kier alpha value is -0.420. The molecule has 0 radical (unpaired) electrons. The molecule has 0 aromatic heterocycles. The summed E-state index contributed by atoms with van der Waals surface area (Å²) in [5.41, 5.74) is 0. The molecule has 0 aromatic rings. The summed E-state index contributed by atoms with van der Waals surface area (Å²) in [6, 6.07) is -0.457. The van der Waals surface area contributed by atoms with Gasteiger partial charge >= 0.3 is 13.6 Å². The molecule has 2 aliphatic rings. The second kappa shape index (κ2) is 5.92. The van der Waals surface area contributed by atoms with E-state index in [4.69, 9.17) is 14.9 Å². The van der Waals surface area contributed by atoms with Crippen molar-refractivity contribution >= 4 is 13.6 Å². The SMILES string of the molecule is O=C(O)[C@H]1C[C@@H]2C[C@@H](CCP(=O)(O)O)CC[C@@H]2CN1. The Bertz CT molecular complexity index is 382. The number of hydrogen-bond donors (Lipinski definition) is 4. The second-order valence-electron chi connectivity index (χ2n) is 5.91. The topological polar surface area (TPSA) is 107 Å². The summed E-state index contributed by atoms with van der Waals surface area (Å²) in [5.74, 6) is 0.456. The molecule has 7 heteroatoms. The molecule has 0 spiro atoms. The summed E-state index contributed by atoms with van der Waals surface area (Å²) >= 11 is 0. The van der Waals surface area contributed by atoms with E-state index in [1.165, 1.54) is 0 Å². The molecular formula is C12H22NO5P. The molecule has 2 rings (SSSR count). The fourth-order valence-corrected chi connectivity index (χ4v) is 4.16. The summed E-state index contributed by atoms with van der Waals surface area (Å²) in [7, 11) is -3.90. The standard InChI is InChI=1S/C12H22NO5P/c14-12(15)11-6-10-5-8(3-4-19(16,17)18)1-2-9(10)7-13-11/h8-11,13H,1-7H2,(H,14,15)(H2,16,17,18)/t8-,9-,10+,11-/m1/s1. The molecule has 1 aliphatic carbocycles. The number of carboxylic acids is 1. The fraction of sp³-hybridized carbons (Fsp3) is 0.917. The van der Waals surface area contributed by atoms with Crippen molar-refractivity contribution in [3.63, 3.8) is 0 Å². The Balaban J connectivity index is 1.86. The number of carboxylic acid groups (broad SMARTS) is 1. The monoisotopic (exact) mass is 291 g/mol.